The Labute approximate surface area is 123 Å². The van der Waals surface area contributed by atoms with Gasteiger partial charge in [-0.05, 0) is 18.6 Å². The SMILES string of the molecule is CC(=O)N1CCCN(Cc2nc3ccc(N)cc3o2)CC1. The van der Waals surface area contributed by atoms with Gasteiger partial charge in [-0.2, -0.15) is 0 Å². The predicted octanol–water partition coefficient (Wildman–Crippen LogP) is 1.46. The van der Waals surface area contributed by atoms with Crippen LogP contribution in [0.15, 0.2) is 22.6 Å². The number of carbonyl (C=O) groups is 1. The maximum absolute atomic E-state index is 11.4. The van der Waals surface area contributed by atoms with Crippen molar-refractivity contribution in [2.75, 3.05) is 31.9 Å². The molecule has 1 aliphatic rings. The second-order valence-corrected chi connectivity index (χ2v) is 5.47. The highest BCUT2D eigenvalue weighted by molar-refractivity contribution is 5.76. The number of nitrogens with two attached hydrogens (primary N) is 1. The van der Waals surface area contributed by atoms with Crippen molar-refractivity contribution < 1.29 is 9.21 Å². The molecule has 0 aliphatic carbocycles. The van der Waals surface area contributed by atoms with Crippen molar-refractivity contribution in [2.24, 2.45) is 0 Å². The second-order valence-electron chi connectivity index (χ2n) is 5.47. The van der Waals surface area contributed by atoms with Crippen LogP contribution in [0, 0.1) is 0 Å². The Bertz CT molecular complexity index is 652. The Morgan fingerprint density at radius 2 is 2.19 bits per heavy atom. The average Bonchev–Trinajstić information content (AvgIpc) is 2.66. The molecule has 2 heterocycles. The molecule has 3 rings (SSSR count). The number of anilines is 1. The molecular formula is C15H20N4O2. The molecular weight excluding hydrogens is 268 g/mol. The van der Waals surface area contributed by atoms with E-state index in [1.54, 1.807) is 13.0 Å². The van der Waals surface area contributed by atoms with Crippen LogP contribution in [0.3, 0.4) is 0 Å². The van der Waals surface area contributed by atoms with Crippen molar-refractivity contribution in [2.45, 2.75) is 19.9 Å². The largest absolute Gasteiger partial charge is 0.439 e. The van der Waals surface area contributed by atoms with Crippen molar-refractivity contribution in [1.82, 2.24) is 14.8 Å². The van der Waals surface area contributed by atoms with Gasteiger partial charge in [0.15, 0.2) is 5.58 Å². The van der Waals surface area contributed by atoms with Crippen LogP contribution in [0.25, 0.3) is 11.1 Å². The number of nitrogens with zero attached hydrogens (tertiary/aromatic N) is 3. The van der Waals surface area contributed by atoms with Crippen molar-refractivity contribution >= 4 is 22.7 Å². The first-order valence-electron chi connectivity index (χ1n) is 7.24. The number of fused-ring (bicyclic) bond motifs is 1. The fraction of sp³-hybridized carbons (Fsp3) is 0.467. The monoisotopic (exact) mass is 288 g/mol. The third-order valence-electron chi connectivity index (χ3n) is 3.85. The highest BCUT2D eigenvalue weighted by Crippen LogP contribution is 2.19. The van der Waals surface area contributed by atoms with Crippen LogP contribution in [0.5, 0.6) is 0 Å². The highest BCUT2D eigenvalue weighted by atomic mass is 16.3. The molecule has 0 unspecified atom stereocenters. The standard InChI is InChI=1S/C15H20N4O2/c1-11(20)19-6-2-5-18(7-8-19)10-15-17-13-4-3-12(16)9-14(13)21-15/h3-4,9H,2,5-8,10,16H2,1H3. The molecule has 21 heavy (non-hydrogen) atoms. The lowest BCUT2D eigenvalue weighted by molar-refractivity contribution is -0.128. The van der Waals surface area contributed by atoms with Gasteiger partial charge in [-0.25, -0.2) is 4.98 Å². The third kappa shape index (κ3) is 3.16. The maximum atomic E-state index is 11.4. The zero-order chi connectivity index (χ0) is 14.8. The summed E-state index contributed by atoms with van der Waals surface area (Å²) in [5.74, 6) is 0.848. The Balaban J connectivity index is 1.68. The van der Waals surface area contributed by atoms with Crippen LogP contribution in [-0.4, -0.2) is 46.9 Å². The summed E-state index contributed by atoms with van der Waals surface area (Å²) < 4.78 is 5.75. The number of aromatic nitrogens is 1. The van der Waals surface area contributed by atoms with E-state index < -0.39 is 0 Å². The summed E-state index contributed by atoms with van der Waals surface area (Å²) in [7, 11) is 0. The van der Waals surface area contributed by atoms with Crippen LogP contribution < -0.4 is 5.73 Å². The topological polar surface area (TPSA) is 75.6 Å². The molecule has 1 saturated heterocycles. The summed E-state index contributed by atoms with van der Waals surface area (Å²) in [5.41, 5.74) is 7.98. The summed E-state index contributed by atoms with van der Waals surface area (Å²) in [4.78, 5) is 20.1. The summed E-state index contributed by atoms with van der Waals surface area (Å²) in [6.45, 7) is 5.69. The van der Waals surface area contributed by atoms with Crippen LogP contribution >= 0.6 is 0 Å². The van der Waals surface area contributed by atoms with Gasteiger partial charge in [0.05, 0.1) is 6.54 Å². The molecule has 1 fully saturated rings. The number of oxazole rings is 1. The van der Waals surface area contributed by atoms with E-state index in [0.717, 1.165) is 43.7 Å². The second kappa shape index (κ2) is 5.73. The van der Waals surface area contributed by atoms with E-state index >= 15 is 0 Å². The number of nitrogen functional groups attached to an aromatic ring is 1. The molecule has 6 nitrogen and oxygen atoms in total. The van der Waals surface area contributed by atoms with E-state index in [9.17, 15) is 4.79 Å². The molecule has 0 saturated carbocycles. The van der Waals surface area contributed by atoms with Gasteiger partial charge in [-0.1, -0.05) is 0 Å². The summed E-state index contributed by atoms with van der Waals surface area (Å²) in [5, 5.41) is 0. The van der Waals surface area contributed by atoms with Gasteiger partial charge in [0.2, 0.25) is 11.8 Å². The molecule has 0 radical (unpaired) electrons. The lowest BCUT2D eigenvalue weighted by Gasteiger charge is -2.19. The lowest BCUT2D eigenvalue weighted by Crippen LogP contribution is -2.33. The van der Waals surface area contributed by atoms with E-state index in [-0.39, 0.29) is 5.91 Å². The zero-order valence-electron chi connectivity index (χ0n) is 12.2. The lowest BCUT2D eigenvalue weighted by atomic mass is 10.3. The highest BCUT2D eigenvalue weighted by Gasteiger charge is 2.18. The van der Waals surface area contributed by atoms with Crippen LogP contribution in [0.2, 0.25) is 0 Å². The normalized spacial score (nSPS) is 17.1. The molecule has 1 aromatic carbocycles. The summed E-state index contributed by atoms with van der Waals surface area (Å²) in [6, 6.07) is 5.49. The number of amides is 1. The molecule has 2 aromatic rings. The summed E-state index contributed by atoms with van der Waals surface area (Å²) >= 11 is 0. The first kappa shape index (κ1) is 13.9. The van der Waals surface area contributed by atoms with E-state index in [4.69, 9.17) is 10.2 Å². The van der Waals surface area contributed by atoms with Gasteiger partial charge < -0.3 is 15.1 Å². The van der Waals surface area contributed by atoms with E-state index in [1.807, 2.05) is 17.0 Å². The van der Waals surface area contributed by atoms with Crippen LogP contribution in [-0.2, 0) is 11.3 Å². The quantitative estimate of drug-likeness (QED) is 0.847. The Kier molecular flexibility index (Phi) is 3.79. The molecule has 1 amide bonds. The molecule has 6 heteroatoms. The van der Waals surface area contributed by atoms with Gasteiger partial charge in [-0.3, -0.25) is 9.69 Å². The van der Waals surface area contributed by atoms with Gasteiger partial charge >= 0.3 is 0 Å². The maximum Gasteiger partial charge on any atom is 0.219 e. The number of carbonyl (C=O) groups excluding carboxylic acids is 1. The van der Waals surface area contributed by atoms with Gasteiger partial charge in [-0.15, -0.1) is 0 Å². The Hall–Kier alpha value is -2.08. The van der Waals surface area contributed by atoms with Crippen molar-refractivity contribution in [3.05, 3.63) is 24.1 Å². The average molecular weight is 288 g/mol. The first-order valence-corrected chi connectivity index (χ1v) is 7.24. The van der Waals surface area contributed by atoms with Gasteiger partial charge in [0, 0.05) is 44.9 Å². The number of benzene rings is 1. The van der Waals surface area contributed by atoms with E-state index in [1.165, 1.54) is 0 Å². The van der Waals surface area contributed by atoms with Gasteiger partial charge in [0.1, 0.15) is 5.52 Å². The minimum absolute atomic E-state index is 0.147. The number of hydrogen-bond acceptors (Lipinski definition) is 5. The molecule has 1 aliphatic heterocycles. The number of hydrogen-bond donors (Lipinski definition) is 1. The third-order valence-corrected chi connectivity index (χ3v) is 3.85. The zero-order valence-corrected chi connectivity index (χ0v) is 12.2. The van der Waals surface area contributed by atoms with Gasteiger partial charge in [0.25, 0.3) is 0 Å². The molecule has 2 N–H and O–H groups in total. The minimum atomic E-state index is 0.147. The van der Waals surface area contributed by atoms with Crippen molar-refractivity contribution in [1.29, 1.82) is 0 Å². The predicted molar refractivity (Wildman–Crippen MR) is 80.6 cm³/mol. The number of rotatable bonds is 2. The van der Waals surface area contributed by atoms with E-state index in [0.29, 0.717) is 18.1 Å². The van der Waals surface area contributed by atoms with Crippen LogP contribution in [0.1, 0.15) is 19.2 Å². The molecule has 0 spiro atoms. The Morgan fingerprint density at radius 1 is 1.33 bits per heavy atom. The van der Waals surface area contributed by atoms with Crippen molar-refractivity contribution in [3.63, 3.8) is 0 Å². The molecule has 112 valence electrons. The molecule has 1 aromatic heterocycles. The minimum Gasteiger partial charge on any atom is -0.439 e. The fourth-order valence-electron chi connectivity index (χ4n) is 2.69. The fourth-order valence-corrected chi connectivity index (χ4v) is 2.69. The summed E-state index contributed by atoms with van der Waals surface area (Å²) in [6.07, 6.45) is 0.979. The van der Waals surface area contributed by atoms with Crippen molar-refractivity contribution in [3.8, 4) is 0 Å². The smallest absolute Gasteiger partial charge is 0.219 e. The first-order chi connectivity index (χ1) is 10.1. The van der Waals surface area contributed by atoms with E-state index in [2.05, 4.69) is 9.88 Å². The van der Waals surface area contributed by atoms with Crippen LogP contribution in [0.4, 0.5) is 5.69 Å². The molecule has 0 atom stereocenters. The Morgan fingerprint density at radius 3 is 3.00 bits per heavy atom. The molecule has 0 bridgehead atoms.